The second kappa shape index (κ2) is 8.20. The highest BCUT2D eigenvalue weighted by Gasteiger charge is 2.33. The van der Waals surface area contributed by atoms with E-state index in [9.17, 15) is 0 Å². The molecule has 0 amide bonds. The average molecular weight is 505 g/mol. The van der Waals surface area contributed by atoms with E-state index in [1.165, 1.54) is 0 Å². The number of halogens is 4. The molecule has 2 aromatic rings. The topological polar surface area (TPSA) is 70.4 Å². The molecular weight excluding hydrogens is 489 g/mol. The lowest BCUT2D eigenvalue weighted by atomic mass is 10.2. The van der Waals surface area contributed by atoms with Gasteiger partial charge in [-0.05, 0) is 88.3 Å². The molecule has 1 heterocycles. The number of rotatable bonds is 5. The van der Waals surface area contributed by atoms with E-state index < -0.39 is 19.3 Å². The van der Waals surface area contributed by atoms with Crippen molar-refractivity contribution in [1.29, 1.82) is 0 Å². The third-order valence-electron chi connectivity index (χ3n) is 3.37. The normalized spacial score (nSPS) is 26.1. The Labute approximate surface area is 177 Å². The molecule has 0 fully saturated rings. The van der Waals surface area contributed by atoms with Crippen LogP contribution in [0, 0.1) is 6.92 Å². The summed E-state index contributed by atoms with van der Waals surface area (Å²) in [6.45, 7) is -4.03. The highest BCUT2D eigenvalue weighted by Crippen LogP contribution is 2.84. The maximum absolute atomic E-state index is 6.68. The number of aryl methyl sites for hydroxylation is 1. The Morgan fingerprint density at radius 2 is 1.22 bits per heavy atom. The van der Waals surface area contributed by atoms with Gasteiger partial charge < -0.3 is 14.9 Å². The molecule has 1 aliphatic rings. The van der Waals surface area contributed by atoms with Crippen molar-refractivity contribution < 1.29 is 4.74 Å². The second-order valence-corrected chi connectivity index (χ2v) is 17.4. The fourth-order valence-electron chi connectivity index (χ4n) is 2.21. The predicted molar refractivity (Wildman–Crippen MR) is 123 cm³/mol. The fraction of sp³-hybridized carbons (Fsp3) is 0.143. The zero-order chi connectivity index (χ0) is 19.7. The molecule has 2 aromatic carbocycles. The van der Waals surface area contributed by atoms with Crippen molar-refractivity contribution in [2.24, 2.45) is 13.5 Å². The van der Waals surface area contributed by atoms with Gasteiger partial charge in [-0.15, -0.1) is 0 Å². The van der Waals surface area contributed by atoms with Crippen LogP contribution in [0.25, 0.3) is 0 Å². The van der Waals surface area contributed by atoms with Gasteiger partial charge in [0.25, 0.3) is 19.3 Å². The number of ether oxygens (including phenoxy) is 1. The van der Waals surface area contributed by atoms with Gasteiger partial charge in [0.15, 0.2) is 0 Å². The Morgan fingerprint density at radius 1 is 0.741 bits per heavy atom. The van der Waals surface area contributed by atoms with E-state index in [4.69, 9.17) is 49.7 Å². The molecule has 0 aliphatic carbocycles. The number of nitrogens with zero attached hydrogens (tertiary/aromatic N) is 3. The van der Waals surface area contributed by atoms with Crippen molar-refractivity contribution >= 4 is 75.7 Å². The maximum Gasteiger partial charge on any atom is 0.262 e. The number of benzene rings is 2. The van der Waals surface area contributed by atoms with Crippen LogP contribution in [0.3, 0.4) is 0 Å². The summed E-state index contributed by atoms with van der Waals surface area (Å²) < 4.78 is 18.2. The van der Waals surface area contributed by atoms with E-state index in [1.54, 1.807) is 31.4 Å². The zero-order valence-electron chi connectivity index (χ0n) is 14.2. The number of methoxy groups -OCH3 is 1. The van der Waals surface area contributed by atoms with Crippen LogP contribution in [0.4, 0.5) is 11.4 Å². The third-order valence-corrected chi connectivity index (χ3v) is 15.3. The summed E-state index contributed by atoms with van der Waals surface area (Å²) in [4.78, 5) is 0. The molecule has 0 radical (unpaired) electrons. The molecule has 0 bridgehead atoms. The van der Waals surface area contributed by atoms with E-state index in [2.05, 4.69) is 23.7 Å². The van der Waals surface area contributed by atoms with E-state index in [1.807, 2.05) is 31.2 Å². The lowest BCUT2D eigenvalue weighted by Crippen LogP contribution is -1.95. The van der Waals surface area contributed by atoms with Crippen LogP contribution in [0.5, 0.6) is 5.75 Å². The van der Waals surface area contributed by atoms with Gasteiger partial charge in [0.05, 0.1) is 7.11 Å². The van der Waals surface area contributed by atoms with Crippen molar-refractivity contribution in [2.45, 2.75) is 6.92 Å². The first-order chi connectivity index (χ1) is 12.6. The molecule has 3 rings (SSSR count). The number of nitrogens with one attached hydrogen (secondary N) is 2. The van der Waals surface area contributed by atoms with Gasteiger partial charge in [0.2, 0.25) is 0 Å². The molecule has 27 heavy (non-hydrogen) atoms. The van der Waals surface area contributed by atoms with Gasteiger partial charge in [-0.1, -0.05) is 17.7 Å². The largest absolute Gasteiger partial charge is 0.497 e. The minimum absolute atomic E-state index is 0.695. The van der Waals surface area contributed by atoms with E-state index in [-0.39, 0.29) is 0 Å². The van der Waals surface area contributed by atoms with Crippen molar-refractivity contribution in [1.82, 2.24) is 0 Å². The Bertz CT molecular complexity index is 1000. The molecule has 0 spiro atoms. The molecule has 0 saturated heterocycles. The maximum atomic E-state index is 6.68. The fourth-order valence-corrected chi connectivity index (χ4v) is 18.0. The molecule has 13 heteroatoms. The van der Waals surface area contributed by atoms with Crippen LogP contribution in [0.2, 0.25) is 0 Å². The Hall–Kier alpha value is -0.310. The quantitative estimate of drug-likeness (QED) is 0.398. The molecule has 2 atom stereocenters. The summed E-state index contributed by atoms with van der Waals surface area (Å²) in [6.07, 6.45) is 0. The van der Waals surface area contributed by atoms with Crippen LogP contribution in [-0.2, 0) is 0 Å². The second-order valence-electron chi connectivity index (χ2n) is 5.59. The Balaban J connectivity index is 1.97. The molecule has 146 valence electrons. The highest BCUT2D eigenvalue weighted by atomic mass is 35.9. The first-order valence-corrected chi connectivity index (χ1v) is 16.3. The van der Waals surface area contributed by atoms with Crippen molar-refractivity contribution in [3.8, 4) is 5.75 Å². The van der Waals surface area contributed by atoms with E-state index >= 15 is 0 Å². The zero-order valence-corrected chi connectivity index (χ0v) is 19.9. The van der Waals surface area contributed by atoms with E-state index in [0.717, 1.165) is 11.3 Å². The lowest BCUT2D eigenvalue weighted by Gasteiger charge is -2.26. The van der Waals surface area contributed by atoms with Gasteiger partial charge in [-0.2, -0.15) is 13.5 Å². The lowest BCUT2D eigenvalue weighted by molar-refractivity contribution is 0.415. The van der Waals surface area contributed by atoms with Crippen LogP contribution in [0.1, 0.15) is 5.56 Å². The Morgan fingerprint density at radius 3 is 1.74 bits per heavy atom. The third kappa shape index (κ3) is 5.84. The molecule has 0 saturated carbocycles. The SMILES string of the molecule is COc1ccc(N[P@]2(Cl)=N[P@](Cl)(Nc3ccc(C)cc3)=NP(Cl)(Cl)=N2)cc1. The van der Waals surface area contributed by atoms with Gasteiger partial charge >= 0.3 is 0 Å². The first kappa shape index (κ1) is 21.4. The minimum atomic E-state index is -3.09. The molecule has 0 aromatic heterocycles. The van der Waals surface area contributed by atoms with Crippen LogP contribution in [0.15, 0.2) is 62.1 Å². The molecule has 0 unspecified atom stereocenters. The molecule has 1 aliphatic heterocycles. The summed E-state index contributed by atoms with van der Waals surface area (Å²) in [5.74, 6) is -2.38. The smallest absolute Gasteiger partial charge is 0.262 e. The number of hydrogen-bond acceptors (Lipinski definition) is 6. The average Bonchev–Trinajstić information content (AvgIpc) is 2.55. The molecule has 6 nitrogen and oxygen atoms in total. The Kier molecular flexibility index (Phi) is 6.50. The summed E-state index contributed by atoms with van der Waals surface area (Å²) >= 11 is 26.0. The van der Waals surface area contributed by atoms with Crippen molar-refractivity contribution in [3.05, 3.63) is 54.1 Å². The molecular formula is C14H16Cl4N5OP3. The minimum Gasteiger partial charge on any atom is -0.497 e. The summed E-state index contributed by atoms with van der Waals surface area (Å²) in [5, 5.41) is 6.23. The van der Waals surface area contributed by atoms with Crippen molar-refractivity contribution in [3.63, 3.8) is 0 Å². The van der Waals surface area contributed by atoms with Gasteiger partial charge in [-0.3, -0.25) is 0 Å². The number of hydrogen-bond donors (Lipinski definition) is 2. The first-order valence-electron chi connectivity index (χ1n) is 7.58. The van der Waals surface area contributed by atoms with Gasteiger partial charge in [0, 0.05) is 11.4 Å². The van der Waals surface area contributed by atoms with E-state index in [0.29, 0.717) is 11.4 Å². The standard InChI is InChI=1S/C14H16Cl4N5OP3/c1-11-3-5-12(6-4-11)19-26(17)21-25(15,16)22-27(18,23-26)20-13-7-9-14(24-2)10-8-13/h3-10,19-20H,1-2H3/t26-,27+/m1/s1. The van der Waals surface area contributed by atoms with Gasteiger partial charge in [-0.25, -0.2) is 0 Å². The predicted octanol–water partition coefficient (Wildman–Crippen LogP) is 9.34. The summed E-state index contributed by atoms with van der Waals surface area (Å²) in [7, 11) is 1.59. The number of anilines is 2. The summed E-state index contributed by atoms with van der Waals surface area (Å²) in [6, 6.07) is 14.8. The highest BCUT2D eigenvalue weighted by molar-refractivity contribution is 8.18. The van der Waals surface area contributed by atoms with Crippen LogP contribution < -0.4 is 14.9 Å². The summed E-state index contributed by atoms with van der Waals surface area (Å²) in [5.41, 5.74) is 2.56. The van der Waals surface area contributed by atoms with Crippen molar-refractivity contribution in [2.75, 3.05) is 17.3 Å². The van der Waals surface area contributed by atoms with Gasteiger partial charge in [0.1, 0.15) is 5.75 Å². The molecule has 2 N–H and O–H groups in total. The monoisotopic (exact) mass is 503 g/mol. The van der Waals surface area contributed by atoms with Crippen LogP contribution >= 0.6 is 64.3 Å². The van der Waals surface area contributed by atoms with Crippen LogP contribution in [-0.4, -0.2) is 7.11 Å².